The number of phenols is 1. The van der Waals surface area contributed by atoms with Crippen LogP contribution in [0.2, 0.25) is 0 Å². The lowest BCUT2D eigenvalue weighted by molar-refractivity contribution is 0.102. The monoisotopic (exact) mass is 435 g/mol. The van der Waals surface area contributed by atoms with Crippen molar-refractivity contribution in [3.05, 3.63) is 55.8 Å². The number of nitrogens with one attached hydrogen (secondary N) is 1. The number of aromatic hydroxyl groups is 1. The SMILES string of the molecule is O=C(Nc1ccc(Br)c(I)c1)c1c(O)cccc1F. The summed E-state index contributed by atoms with van der Waals surface area (Å²) in [5, 5.41) is 12.1. The van der Waals surface area contributed by atoms with Gasteiger partial charge in [0.25, 0.3) is 5.91 Å². The zero-order valence-corrected chi connectivity index (χ0v) is 13.2. The summed E-state index contributed by atoms with van der Waals surface area (Å²) in [5.74, 6) is -1.83. The fraction of sp³-hybridized carbons (Fsp3) is 0. The Labute approximate surface area is 131 Å². The van der Waals surface area contributed by atoms with Gasteiger partial charge in [-0.1, -0.05) is 6.07 Å². The molecule has 2 N–H and O–H groups in total. The molecule has 0 aromatic heterocycles. The Morgan fingerprint density at radius 2 is 2.05 bits per heavy atom. The van der Waals surface area contributed by atoms with Crippen molar-refractivity contribution in [2.75, 3.05) is 5.32 Å². The molecule has 0 fully saturated rings. The molecule has 2 rings (SSSR count). The van der Waals surface area contributed by atoms with E-state index in [-0.39, 0.29) is 11.3 Å². The van der Waals surface area contributed by atoms with Crippen molar-refractivity contribution in [1.29, 1.82) is 0 Å². The number of hydrogen-bond acceptors (Lipinski definition) is 2. The second-order valence-corrected chi connectivity index (χ2v) is 5.73. The summed E-state index contributed by atoms with van der Waals surface area (Å²) in [5.41, 5.74) is 0.167. The van der Waals surface area contributed by atoms with Crippen LogP contribution < -0.4 is 5.32 Å². The number of amides is 1. The number of carbonyl (C=O) groups excluding carboxylic acids is 1. The Hall–Kier alpha value is -1.15. The first-order chi connectivity index (χ1) is 8.99. The first kappa shape index (κ1) is 14.3. The maximum Gasteiger partial charge on any atom is 0.262 e. The predicted octanol–water partition coefficient (Wildman–Crippen LogP) is 4.15. The molecular formula is C13H8BrFINO2. The summed E-state index contributed by atoms with van der Waals surface area (Å²) < 4.78 is 15.3. The Morgan fingerprint density at radius 3 is 2.68 bits per heavy atom. The van der Waals surface area contributed by atoms with Crippen LogP contribution in [-0.2, 0) is 0 Å². The molecule has 0 aliphatic heterocycles. The van der Waals surface area contributed by atoms with Crippen LogP contribution >= 0.6 is 38.5 Å². The van der Waals surface area contributed by atoms with Crippen LogP contribution in [0.15, 0.2) is 40.9 Å². The van der Waals surface area contributed by atoms with Crippen molar-refractivity contribution in [1.82, 2.24) is 0 Å². The van der Waals surface area contributed by atoms with Gasteiger partial charge in [0.1, 0.15) is 17.1 Å². The number of phenolic OH excluding ortho intramolecular Hbond substituents is 1. The van der Waals surface area contributed by atoms with Gasteiger partial charge in [-0.05, 0) is 68.9 Å². The van der Waals surface area contributed by atoms with Gasteiger partial charge in [0.15, 0.2) is 0 Å². The van der Waals surface area contributed by atoms with E-state index < -0.39 is 11.7 Å². The average molecular weight is 436 g/mol. The Kier molecular flexibility index (Phi) is 4.41. The summed E-state index contributed by atoms with van der Waals surface area (Å²) in [4.78, 5) is 11.9. The number of hydrogen-bond donors (Lipinski definition) is 2. The van der Waals surface area contributed by atoms with Gasteiger partial charge in [-0.15, -0.1) is 0 Å². The molecule has 2 aromatic rings. The molecule has 6 heteroatoms. The average Bonchev–Trinajstić information content (AvgIpc) is 2.33. The van der Waals surface area contributed by atoms with Crippen molar-refractivity contribution in [3.63, 3.8) is 0 Å². The first-order valence-corrected chi connectivity index (χ1v) is 7.10. The third kappa shape index (κ3) is 3.24. The van der Waals surface area contributed by atoms with E-state index in [0.29, 0.717) is 5.69 Å². The fourth-order valence-corrected chi connectivity index (χ4v) is 2.27. The van der Waals surface area contributed by atoms with Gasteiger partial charge in [-0.25, -0.2) is 4.39 Å². The highest BCUT2D eigenvalue weighted by Gasteiger charge is 2.16. The summed E-state index contributed by atoms with van der Waals surface area (Å²) >= 11 is 5.45. The maximum absolute atomic E-state index is 13.5. The molecule has 2 aromatic carbocycles. The van der Waals surface area contributed by atoms with E-state index in [2.05, 4.69) is 43.8 Å². The standard InChI is InChI=1S/C13H8BrFINO2/c14-8-5-4-7(6-10(8)16)17-13(19)12-9(15)2-1-3-11(12)18/h1-6,18H,(H,17,19). The number of halogens is 3. The number of anilines is 1. The van der Waals surface area contributed by atoms with Crippen LogP contribution in [0.25, 0.3) is 0 Å². The molecule has 0 radical (unpaired) electrons. The predicted molar refractivity (Wildman–Crippen MR) is 82.9 cm³/mol. The van der Waals surface area contributed by atoms with E-state index in [1.54, 1.807) is 18.2 Å². The summed E-state index contributed by atoms with van der Waals surface area (Å²) in [6, 6.07) is 8.92. The van der Waals surface area contributed by atoms with Crippen LogP contribution in [0.4, 0.5) is 10.1 Å². The van der Waals surface area contributed by atoms with Gasteiger partial charge in [-0.2, -0.15) is 0 Å². The minimum atomic E-state index is -0.760. The van der Waals surface area contributed by atoms with E-state index >= 15 is 0 Å². The lowest BCUT2D eigenvalue weighted by atomic mass is 10.1. The summed E-state index contributed by atoms with van der Waals surface area (Å²) in [6.07, 6.45) is 0. The lowest BCUT2D eigenvalue weighted by Gasteiger charge is -2.08. The van der Waals surface area contributed by atoms with Gasteiger partial charge in [0, 0.05) is 13.7 Å². The first-order valence-electron chi connectivity index (χ1n) is 5.23. The molecule has 0 aliphatic carbocycles. The summed E-state index contributed by atoms with van der Waals surface area (Å²) in [6.45, 7) is 0. The normalized spacial score (nSPS) is 10.3. The zero-order chi connectivity index (χ0) is 14.0. The molecule has 0 unspecified atom stereocenters. The number of rotatable bonds is 2. The zero-order valence-electron chi connectivity index (χ0n) is 9.45. The van der Waals surface area contributed by atoms with Gasteiger partial charge in [0.2, 0.25) is 0 Å². The van der Waals surface area contributed by atoms with Crippen LogP contribution in [0, 0.1) is 9.39 Å². The van der Waals surface area contributed by atoms with Crippen molar-refractivity contribution >= 4 is 50.1 Å². The molecule has 0 aliphatic rings. The lowest BCUT2D eigenvalue weighted by Crippen LogP contribution is -2.14. The van der Waals surface area contributed by atoms with E-state index in [0.717, 1.165) is 14.1 Å². The second kappa shape index (κ2) is 5.87. The van der Waals surface area contributed by atoms with Crippen LogP contribution in [-0.4, -0.2) is 11.0 Å². The quantitative estimate of drug-likeness (QED) is 0.696. The smallest absolute Gasteiger partial charge is 0.262 e. The highest BCUT2D eigenvalue weighted by molar-refractivity contribution is 14.1. The van der Waals surface area contributed by atoms with Crippen molar-refractivity contribution < 1.29 is 14.3 Å². The molecule has 3 nitrogen and oxygen atoms in total. The third-order valence-electron chi connectivity index (χ3n) is 2.40. The van der Waals surface area contributed by atoms with Gasteiger partial charge >= 0.3 is 0 Å². The van der Waals surface area contributed by atoms with Crippen molar-refractivity contribution in [3.8, 4) is 5.75 Å². The molecule has 0 saturated heterocycles. The van der Waals surface area contributed by atoms with Gasteiger partial charge in [-0.3, -0.25) is 4.79 Å². The van der Waals surface area contributed by atoms with E-state index in [1.807, 2.05) is 0 Å². The van der Waals surface area contributed by atoms with Crippen LogP contribution in [0.3, 0.4) is 0 Å². The largest absolute Gasteiger partial charge is 0.507 e. The molecule has 0 bridgehead atoms. The maximum atomic E-state index is 13.5. The minimum absolute atomic E-state index is 0.361. The van der Waals surface area contributed by atoms with Crippen LogP contribution in [0.5, 0.6) is 5.75 Å². The van der Waals surface area contributed by atoms with E-state index in [9.17, 15) is 14.3 Å². The highest BCUT2D eigenvalue weighted by atomic mass is 127. The molecule has 0 atom stereocenters. The minimum Gasteiger partial charge on any atom is -0.507 e. The summed E-state index contributed by atoms with van der Waals surface area (Å²) in [7, 11) is 0. The third-order valence-corrected chi connectivity index (χ3v) is 4.72. The fourth-order valence-electron chi connectivity index (χ4n) is 1.51. The highest BCUT2D eigenvalue weighted by Crippen LogP contribution is 2.25. The Bertz CT molecular complexity index is 628. The Morgan fingerprint density at radius 1 is 1.32 bits per heavy atom. The molecule has 19 heavy (non-hydrogen) atoms. The molecular weight excluding hydrogens is 428 g/mol. The van der Waals surface area contributed by atoms with Gasteiger partial charge in [0.05, 0.1) is 0 Å². The van der Waals surface area contributed by atoms with E-state index in [1.165, 1.54) is 12.1 Å². The molecule has 98 valence electrons. The van der Waals surface area contributed by atoms with Crippen LogP contribution in [0.1, 0.15) is 10.4 Å². The topological polar surface area (TPSA) is 49.3 Å². The molecule has 0 spiro atoms. The number of carbonyl (C=O) groups is 1. The van der Waals surface area contributed by atoms with Crippen molar-refractivity contribution in [2.45, 2.75) is 0 Å². The van der Waals surface area contributed by atoms with Crippen molar-refractivity contribution in [2.24, 2.45) is 0 Å². The number of benzene rings is 2. The second-order valence-electron chi connectivity index (χ2n) is 3.72. The van der Waals surface area contributed by atoms with Gasteiger partial charge < -0.3 is 10.4 Å². The molecule has 1 amide bonds. The Balaban J connectivity index is 2.28. The van der Waals surface area contributed by atoms with E-state index in [4.69, 9.17) is 0 Å². The molecule has 0 heterocycles. The molecule has 0 saturated carbocycles.